The first-order valence-corrected chi connectivity index (χ1v) is 8.87. The van der Waals surface area contributed by atoms with Gasteiger partial charge >= 0.3 is 0 Å². The van der Waals surface area contributed by atoms with Crippen molar-refractivity contribution < 1.29 is 14.0 Å². The summed E-state index contributed by atoms with van der Waals surface area (Å²) in [7, 11) is 0. The molecule has 126 valence electrons. The zero-order valence-corrected chi connectivity index (χ0v) is 14.1. The summed E-state index contributed by atoms with van der Waals surface area (Å²) in [5.74, 6) is -0.249. The third kappa shape index (κ3) is 4.20. The highest BCUT2D eigenvalue weighted by Gasteiger charge is 2.24. The molecule has 6 heteroatoms. The summed E-state index contributed by atoms with van der Waals surface area (Å²) in [4.78, 5) is 28.1. The standard InChI is InChI=1S/C18H19FN2O2S/c19-16-3-1-2-14(10-16)12-21-8-7-20(6-4-17(21)22)18(23)11-15-5-9-24-13-15/h1-3,5,9-10,13H,4,6-8,11-12H2. The van der Waals surface area contributed by atoms with E-state index in [0.717, 1.165) is 11.1 Å². The number of thiophene rings is 1. The Hall–Kier alpha value is -2.21. The molecule has 1 aliphatic rings. The molecule has 2 aromatic rings. The van der Waals surface area contributed by atoms with Gasteiger partial charge in [-0.3, -0.25) is 9.59 Å². The number of benzene rings is 1. The van der Waals surface area contributed by atoms with Gasteiger partial charge in [-0.2, -0.15) is 11.3 Å². The van der Waals surface area contributed by atoms with E-state index in [0.29, 0.717) is 39.0 Å². The minimum Gasteiger partial charge on any atom is -0.340 e. The molecular weight excluding hydrogens is 327 g/mol. The third-order valence-electron chi connectivity index (χ3n) is 4.14. The Balaban J connectivity index is 1.60. The molecule has 2 amide bonds. The van der Waals surface area contributed by atoms with Gasteiger partial charge in [-0.1, -0.05) is 12.1 Å². The SMILES string of the molecule is O=C(Cc1ccsc1)N1CCC(=O)N(Cc2cccc(F)c2)CC1. The van der Waals surface area contributed by atoms with Crippen LogP contribution in [-0.4, -0.2) is 41.2 Å². The van der Waals surface area contributed by atoms with Gasteiger partial charge in [0.15, 0.2) is 0 Å². The van der Waals surface area contributed by atoms with Crippen molar-refractivity contribution in [2.75, 3.05) is 19.6 Å². The average Bonchev–Trinajstić information content (AvgIpc) is 2.99. The lowest BCUT2D eigenvalue weighted by Gasteiger charge is -2.22. The molecule has 0 saturated carbocycles. The number of carbonyl (C=O) groups is 2. The van der Waals surface area contributed by atoms with Crippen molar-refractivity contribution in [2.45, 2.75) is 19.4 Å². The van der Waals surface area contributed by atoms with Crippen LogP contribution in [0.2, 0.25) is 0 Å². The third-order valence-corrected chi connectivity index (χ3v) is 4.87. The monoisotopic (exact) mass is 346 g/mol. The molecule has 0 unspecified atom stereocenters. The van der Waals surface area contributed by atoms with Crippen LogP contribution in [0.15, 0.2) is 41.1 Å². The first kappa shape index (κ1) is 16.6. The van der Waals surface area contributed by atoms with E-state index in [1.54, 1.807) is 33.3 Å². The second-order valence-electron chi connectivity index (χ2n) is 5.88. The molecule has 0 radical (unpaired) electrons. The maximum atomic E-state index is 13.3. The van der Waals surface area contributed by atoms with E-state index in [2.05, 4.69) is 0 Å². The molecule has 0 spiro atoms. The Morgan fingerprint density at radius 1 is 1.17 bits per heavy atom. The van der Waals surface area contributed by atoms with Gasteiger partial charge in [0.25, 0.3) is 0 Å². The number of hydrogen-bond donors (Lipinski definition) is 0. The normalized spacial score (nSPS) is 15.5. The van der Waals surface area contributed by atoms with Crippen molar-refractivity contribution in [3.05, 3.63) is 58.0 Å². The molecule has 0 atom stereocenters. The van der Waals surface area contributed by atoms with Crippen molar-refractivity contribution >= 4 is 23.2 Å². The molecule has 1 aromatic heterocycles. The van der Waals surface area contributed by atoms with Gasteiger partial charge in [0, 0.05) is 32.6 Å². The lowest BCUT2D eigenvalue weighted by Crippen LogP contribution is -2.36. The molecule has 4 nitrogen and oxygen atoms in total. The van der Waals surface area contributed by atoms with Crippen molar-refractivity contribution in [3.63, 3.8) is 0 Å². The minimum atomic E-state index is -0.303. The van der Waals surface area contributed by atoms with Crippen molar-refractivity contribution in [1.82, 2.24) is 9.80 Å². The van der Waals surface area contributed by atoms with Gasteiger partial charge in [-0.15, -0.1) is 0 Å². The van der Waals surface area contributed by atoms with E-state index in [1.165, 1.54) is 12.1 Å². The Bertz CT molecular complexity index is 718. The Labute approximate surface area is 144 Å². The largest absolute Gasteiger partial charge is 0.340 e. The van der Waals surface area contributed by atoms with E-state index in [9.17, 15) is 14.0 Å². The molecular formula is C18H19FN2O2S. The maximum absolute atomic E-state index is 13.3. The summed E-state index contributed by atoms with van der Waals surface area (Å²) >= 11 is 1.57. The Kier molecular flexibility index (Phi) is 5.25. The van der Waals surface area contributed by atoms with Crippen LogP contribution in [-0.2, 0) is 22.6 Å². The number of amides is 2. The highest BCUT2D eigenvalue weighted by Crippen LogP contribution is 2.13. The summed E-state index contributed by atoms with van der Waals surface area (Å²) < 4.78 is 13.3. The van der Waals surface area contributed by atoms with E-state index >= 15 is 0 Å². The predicted molar refractivity (Wildman–Crippen MR) is 91.0 cm³/mol. The van der Waals surface area contributed by atoms with Crippen LogP contribution in [0.3, 0.4) is 0 Å². The Morgan fingerprint density at radius 2 is 2.04 bits per heavy atom. The fourth-order valence-corrected chi connectivity index (χ4v) is 3.49. The van der Waals surface area contributed by atoms with Crippen molar-refractivity contribution in [1.29, 1.82) is 0 Å². The van der Waals surface area contributed by atoms with Gasteiger partial charge in [0.1, 0.15) is 5.82 Å². The average molecular weight is 346 g/mol. The highest BCUT2D eigenvalue weighted by atomic mass is 32.1. The molecule has 1 aliphatic heterocycles. The minimum absolute atomic E-state index is 0.00472. The number of nitrogens with zero attached hydrogens (tertiary/aromatic N) is 2. The van der Waals surface area contributed by atoms with Crippen molar-refractivity contribution in [2.24, 2.45) is 0 Å². The molecule has 2 heterocycles. The molecule has 3 rings (SSSR count). The zero-order valence-electron chi connectivity index (χ0n) is 13.3. The molecule has 0 aliphatic carbocycles. The zero-order chi connectivity index (χ0) is 16.9. The van der Waals surface area contributed by atoms with Crippen LogP contribution in [0.5, 0.6) is 0 Å². The summed E-state index contributed by atoms with van der Waals surface area (Å²) in [6.07, 6.45) is 0.687. The lowest BCUT2D eigenvalue weighted by molar-refractivity contribution is -0.130. The fourth-order valence-electron chi connectivity index (χ4n) is 2.82. The van der Waals surface area contributed by atoms with Gasteiger partial charge in [0.05, 0.1) is 6.42 Å². The molecule has 1 saturated heterocycles. The van der Waals surface area contributed by atoms with Crippen LogP contribution in [0, 0.1) is 5.82 Å². The number of carbonyl (C=O) groups excluding carboxylic acids is 2. The van der Waals surface area contributed by atoms with Gasteiger partial charge in [-0.05, 0) is 40.1 Å². The van der Waals surface area contributed by atoms with Crippen LogP contribution >= 0.6 is 11.3 Å². The number of halogens is 1. The second-order valence-corrected chi connectivity index (χ2v) is 6.66. The highest BCUT2D eigenvalue weighted by molar-refractivity contribution is 7.08. The smallest absolute Gasteiger partial charge is 0.227 e. The van der Waals surface area contributed by atoms with Gasteiger partial charge in [0.2, 0.25) is 11.8 Å². The van der Waals surface area contributed by atoms with Crippen LogP contribution in [0.1, 0.15) is 17.5 Å². The summed E-state index contributed by atoms with van der Waals surface area (Å²) in [6.45, 7) is 1.82. The van der Waals surface area contributed by atoms with E-state index < -0.39 is 0 Å². The van der Waals surface area contributed by atoms with Gasteiger partial charge in [-0.25, -0.2) is 4.39 Å². The van der Waals surface area contributed by atoms with E-state index in [1.807, 2.05) is 16.8 Å². The predicted octanol–water partition coefficient (Wildman–Crippen LogP) is 2.69. The van der Waals surface area contributed by atoms with Crippen LogP contribution in [0.25, 0.3) is 0 Å². The quantitative estimate of drug-likeness (QED) is 0.854. The topological polar surface area (TPSA) is 40.6 Å². The summed E-state index contributed by atoms with van der Waals surface area (Å²) in [5, 5.41) is 3.92. The Morgan fingerprint density at radius 3 is 2.79 bits per heavy atom. The molecule has 1 aromatic carbocycles. The van der Waals surface area contributed by atoms with Crippen molar-refractivity contribution in [3.8, 4) is 0 Å². The lowest BCUT2D eigenvalue weighted by atomic mass is 10.2. The maximum Gasteiger partial charge on any atom is 0.227 e. The molecule has 0 N–H and O–H groups in total. The first-order valence-electron chi connectivity index (χ1n) is 7.93. The summed E-state index contributed by atoms with van der Waals surface area (Å²) in [5.41, 5.74) is 1.78. The van der Waals surface area contributed by atoms with E-state index in [-0.39, 0.29) is 17.6 Å². The second kappa shape index (κ2) is 7.57. The molecule has 0 bridgehead atoms. The first-order chi connectivity index (χ1) is 11.6. The summed E-state index contributed by atoms with van der Waals surface area (Å²) in [6, 6.07) is 8.22. The fraction of sp³-hybridized carbons (Fsp3) is 0.333. The van der Waals surface area contributed by atoms with Crippen LogP contribution in [0.4, 0.5) is 4.39 Å². The molecule has 24 heavy (non-hydrogen) atoms. The molecule has 1 fully saturated rings. The number of hydrogen-bond acceptors (Lipinski definition) is 3. The van der Waals surface area contributed by atoms with Gasteiger partial charge < -0.3 is 9.80 Å². The number of rotatable bonds is 4. The van der Waals surface area contributed by atoms with E-state index in [4.69, 9.17) is 0 Å². The van der Waals surface area contributed by atoms with Crippen LogP contribution < -0.4 is 0 Å².